The lowest BCUT2D eigenvalue weighted by molar-refractivity contribution is 0.0230. The summed E-state index contributed by atoms with van der Waals surface area (Å²) in [5.74, 6) is 1.15. The lowest BCUT2D eigenvalue weighted by atomic mass is 10.1. The van der Waals surface area contributed by atoms with E-state index in [2.05, 4.69) is 30.7 Å². The maximum absolute atomic E-state index is 5.74. The fourth-order valence-corrected chi connectivity index (χ4v) is 1.96. The number of hydrogen-bond donors (Lipinski definition) is 1. The van der Waals surface area contributed by atoms with E-state index < -0.39 is 0 Å². The highest BCUT2D eigenvalue weighted by Gasteiger charge is 2.20. The second kappa shape index (κ2) is 7.44. The zero-order valence-corrected chi connectivity index (χ0v) is 11.9. The number of ether oxygens (including phenoxy) is 1. The Morgan fingerprint density at radius 2 is 2.06 bits per heavy atom. The standard InChI is InChI=1S/C14H25N3O/c1-5-7-12-11(8-15)9-16-14(17-12)13(10(3)4)18-6-2/h9-10,13H,5-8,15H2,1-4H3. The summed E-state index contributed by atoms with van der Waals surface area (Å²) in [6.45, 7) is 9.56. The molecule has 0 bridgehead atoms. The molecule has 0 aliphatic rings. The number of aryl methyl sites for hydroxylation is 1. The molecule has 1 aromatic rings. The first-order valence-electron chi connectivity index (χ1n) is 6.80. The van der Waals surface area contributed by atoms with Gasteiger partial charge in [0.1, 0.15) is 6.10 Å². The van der Waals surface area contributed by atoms with Gasteiger partial charge in [0.15, 0.2) is 5.82 Å². The van der Waals surface area contributed by atoms with Crippen LogP contribution in [0.2, 0.25) is 0 Å². The average Bonchev–Trinajstić information content (AvgIpc) is 2.36. The number of rotatable bonds is 7. The summed E-state index contributed by atoms with van der Waals surface area (Å²) in [5.41, 5.74) is 7.82. The molecule has 18 heavy (non-hydrogen) atoms. The number of aromatic nitrogens is 2. The van der Waals surface area contributed by atoms with Gasteiger partial charge in [-0.2, -0.15) is 0 Å². The van der Waals surface area contributed by atoms with E-state index in [0.717, 1.165) is 29.9 Å². The van der Waals surface area contributed by atoms with E-state index in [1.807, 2.05) is 13.1 Å². The van der Waals surface area contributed by atoms with E-state index in [4.69, 9.17) is 10.5 Å². The van der Waals surface area contributed by atoms with Crippen LogP contribution in [0.25, 0.3) is 0 Å². The maximum atomic E-state index is 5.74. The van der Waals surface area contributed by atoms with Gasteiger partial charge in [0, 0.05) is 30.6 Å². The Balaban J connectivity index is 3.04. The summed E-state index contributed by atoms with van der Waals surface area (Å²) in [6.07, 6.45) is 3.82. The number of nitrogens with zero attached hydrogens (tertiary/aromatic N) is 2. The SMILES string of the molecule is CCCc1nc(C(OCC)C(C)C)ncc1CN. The average molecular weight is 251 g/mol. The minimum Gasteiger partial charge on any atom is -0.370 e. The van der Waals surface area contributed by atoms with Crippen molar-refractivity contribution in [1.29, 1.82) is 0 Å². The third-order valence-corrected chi connectivity index (χ3v) is 2.89. The van der Waals surface area contributed by atoms with Crippen molar-refractivity contribution < 1.29 is 4.74 Å². The van der Waals surface area contributed by atoms with Crippen LogP contribution in [-0.4, -0.2) is 16.6 Å². The zero-order chi connectivity index (χ0) is 13.5. The van der Waals surface area contributed by atoms with Gasteiger partial charge in [-0.1, -0.05) is 27.2 Å². The van der Waals surface area contributed by atoms with Gasteiger partial charge in [0.25, 0.3) is 0 Å². The van der Waals surface area contributed by atoms with Crippen molar-refractivity contribution >= 4 is 0 Å². The van der Waals surface area contributed by atoms with Crippen LogP contribution in [0.3, 0.4) is 0 Å². The Morgan fingerprint density at radius 3 is 2.56 bits per heavy atom. The molecule has 0 fully saturated rings. The predicted octanol–water partition coefficient (Wildman–Crippen LogP) is 2.62. The van der Waals surface area contributed by atoms with Crippen molar-refractivity contribution in [2.75, 3.05) is 6.61 Å². The first-order chi connectivity index (χ1) is 8.63. The Kier molecular flexibility index (Phi) is 6.22. The van der Waals surface area contributed by atoms with Crippen LogP contribution in [0.5, 0.6) is 0 Å². The summed E-state index contributed by atoms with van der Waals surface area (Å²) >= 11 is 0. The molecule has 4 heteroatoms. The van der Waals surface area contributed by atoms with E-state index in [1.54, 1.807) is 0 Å². The molecular formula is C14H25N3O. The van der Waals surface area contributed by atoms with Crippen molar-refractivity contribution in [3.8, 4) is 0 Å². The van der Waals surface area contributed by atoms with Crippen molar-refractivity contribution in [1.82, 2.24) is 9.97 Å². The largest absolute Gasteiger partial charge is 0.370 e. The molecule has 4 nitrogen and oxygen atoms in total. The molecular weight excluding hydrogens is 226 g/mol. The van der Waals surface area contributed by atoms with Gasteiger partial charge in [0.2, 0.25) is 0 Å². The highest BCUT2D eigenvalue weighted by Crippen LogP contribution is 2.23. The van der Waals surface area contributed by atoms with Crippen LogP contribution in [0.1, 0.15) is 57.3 Å². The van der Waals surface area contributed by atoms with Gasteiger partial charge < -0.3 is 10.5 Å². The van der Waals surface area contributed by atoms with Crippen molar-refractivity contribution in [2.45, 2.75) is 53.2 Å². The van der Waals surface area contributed by atoms with E-state index in [9.17, 15) is 0 Å². The summed E-state index contributed by atoms with van der Waals surface area (Å²) in [7, 11) is 0. The number of hydrogen-bond acceptors (Lipinski definition) is 4. The van der Waals surface area contributed by atoms with E-state index >= 15 is 0 Å². The van der Waals surface area contributed by atoms with Gasteiger partial charge in [0.05, 0.1) is 0 Å². The summed E-state index contributed by atoms with van der Waals surface area (Å²) < 4.78 is 5.74. The Hall–Kier alpha value is -1.00. The molecule has 0 saturated carbocycles. The van der Waals surface area contributed by atoms with Gasteiger partial charge in [-0.05, 0) is 19.3 Å². The van der Waals surface area contributed by atoms with Gasteiger partial charge in [-0.25, -0.2) is 9.97 Å². The smallest absolute Gasteiger partial charge is 0.157 e. The Bertz CT molecular complexity index is 366. The molecule has 1 rings (SSSR count). The van der Waals surface area contributed by atoms with Crippen LogP contribution in [0, 0.1) is 5.92 Å². The lowest BCUT2D eigenvalue weighted by Gasteiger charge is -2.20. The molecule has 1 unspecified atom stereocenters. The monoisotopic (exact) mass is 251 g/mol. The van der Waals surface area contributed by atoms with Crippen LogP contribution in [0.4, 0.5) is 0 Å². The predicted molar refractivity (Wildman–Crippen MR) is 73.1 cm³/mol. The minimum atomic E-state index is -0.0302. The molecule has 2 N–H and O–H groups in total. The second-order valence-electron chi connectivity index (χ2n) is 4.77. The van der Waals surface area contributed by atoms with Gasteiger partial charge in [-0.3, -0.25) is 0 Å². The van der Waals surface area contributed by atoms with Gasteiger partial charge in [-0.15, -0.1) is 0 Å². The highest BCUT2D eigenvalue weighted by molar-refractivity contribution is 5.18. The Labute approximate surface area is 110 Å². The van der Waals surface area contributed by atoms with Crippen LogP contribution < -0.4 is 5.73 Å². The highest BCUT2D eigenvalue weighted by atomic mass is 16.5. The summed E-state index contributed by atoms with van der Waals surface area (Å²) in [4.78, 5) is 9.07. The molecule has 0 spiro atoms. The molecule has 0 aliphatic heterocycles. The van der Waals surface area contributed by atoms with Crippen LogP contribution >= 0.6 is 0 Å². The second-order valence-corrected chi connectivity index (χ2v) is 4.77. The fraction of sp³-hybridized carbons (Fsp3) is 0.714. The van der Waals surface area contributed by atoms with Gasteiger partial charge >= 0.3 is 0 Å². The molecule has 0 radical (unpaired) electrons. The molecule has 0 aliphatic carbocycles. The van der Waals surface area contributed by atoms with Crippen LogP contribution in [-0.2, 0) is 17.7 Å². The molecule has 1 atom stereocenters. The quantitative estimate of drug-likeness (QED) is 0.809. The third-order valence-electron chi connectivity index (χ3n) is 2.89. The first-order valence-corrected chi connectivity index (χ1v) is 6.80. The summed E-state index contributed by atoms with van der Waals surface area (Å²) in [5, 5.41) is 0. The van der Waals surface area contributed by atoms with Crippen LogP contribution in [0.15, 0.2) is 6.20 Å². The van der Waals surface area contributed by atoms with Crippen molar-refractivity contribution in [3.63, 3.8) is 0 Å². The topological polar surface area (TPSA) is 61.0 Å². The fourth-order valence-electron chi connectivity index (χ4n) is 1.96. The van der Waals surface area contributed by atoms with E-state index in [0.29, 0.717) is 19.1 Å². The number of nitrogens with two attached hydrogens (primary N) is 1. The maximum Gasteiger partial charge on any atom is 0.157 e. The lowest BCUT2D eigenvalue weighted by Crippen LogP contribution is -2.17. The molecule has 0 aromatic carbocycles. The molecule has 1 heterocycles. The third kappa shape index (κ3) is 3.75. The molecule has 1 aromatic heterocycles. The first kappa shape index (κ1) is 15.1. The van der Waals surface area contributed by atoms with E-state index in [1.165, 1.54) is 0 Å². The normalized spacial score (nSPS) is 13.0. The molecule has 0 amide bonds. The van der Waals surface area contributed by atoms with Crippen molar-refractivity contribution in [2.24, 2.45) is 11.7 Å². The Morgan fingerprint density at radius 1 is 1.33 bits per heavy atom. The minimum absolute atomic E-state index is 0.0302. The molecule has 102 valence electrons. The molecule has 0 saturated heterocycles. The van der Waals surface area contributed by atoms with Crippen molar-refractivity contribution in [3.05, 3.63) is 23.3 Å². The zero-order valence-electron chi connectivity index (χ0n) is 11.9. The summed E-state index contributed by atoms with van der Waals surface area (Å²) in [6, 6.07) is 0. The van der Waals surface area contributed by atoms with E-state index in [-0.39, 0.29) is 6.10 Å².